The summed E-state index contributed by atoms with van der Waals surface area (Å²) in [6.07, 6.45) is 7.54. The monoisotopic (exact) mass is 262 g/mol. The van der Waals surface area contributed by atoms with E-state index in [2.05, 4.69) is 6.92 Å². The molecule has 0 aromatic heterocycles. The number of benzene rings is 1. The molecule has 0 atom stereocenters. The van der Waals surface area contributed by atoms with Gasteiger partial charge in [0, 0.05) is 6.54 Å². The average Bonchev–Trinajstić information content (AvgIpc) is 2.47. The van der Waals surface area contributed by atoms with Crippen molar-refractivity contribution in [3.63, 3.8) is 0 Å². The summed E-state index contributed by atoms with van der Waals surface area (Å²) in [5.74, 6) is 0. The molecule has 1 radical (unpaired) electrons. The molecule has 3 heteroatoms. The maximum absolute atomic E-state index is 10.9. The van der Waals surface area contributed by atoms with Crippen molar-refractivity contribution >= 4 is 6.41 Å². The van der Waals surface area contributed by atoms with Gasteiger partial charge >= 0.3 is 0 Å². The summed E-state index contributed by atoms with van der Waals surface area (Å²) in [5.41, 5.74) is 1.07. The normalized spacial score (nSPS) is 10.4. The molecular weight excluding hydrogens is 238 g/mol. The van der Waals surface area contributed by atoms with E-state index in [-0.39, 0.29) is 0 Å². The Morgan fingerprint density at radius 2 is 1.74 bits per heavy atom. The zero-order valence-electron chi connectivity index (χ0n) is 11.6. The van der Waals surface area contributed by atoms with Gasteiger partial charge in [-0.2, -0.15) is 0 Å². The summed E-state index contributed by atoms with van der Waals surface area (Å²) >= 11 is 0. The fourth-order valence-electron chi connectivity index (χ4n) is 1.85. The number of rotatable bonds is 11. The van der Waals surface area contributed by atoms with Crippen LogP contribution >= 0.6 is 0 Å². The van der Waals surface area contributed by atoms with E-state index in [0.29, 0.717) is 13.2 Å². The molecule has 3 nitrogen and oxygen atoms in total. The van der Waals surface area contributed by atoms with Crippen molar-refractivity contribution in [2.45, 2.75) is 45.1 Å². The van der Waals surface area contributed by atoms with E-state index >= 15 is 0 Å². The maximum atomic E-state index is 10.9. The minimum absolute atomic E-state index is 0.446. The lowest BCUT2D eigenvalue weighted by Crippen LogP contribution is -2.23. The van der Waals surface area contributed by atoms with Crippen molar-refractivity contribution in [2.75, 3.05) is 6.54 Å². The molecule has 19 heavy (non-hydrogen) atoms. The Bertz CT molecular complexity index is 327. The molecule has 0 aliphatic carbocycles. The van der Waals surface area contributed by atoms with Crippen LogP contribution in [0.1, 0.15) is 44.1 Å². The zero-order chi connectivity index (χ0) is 13.8. The van der Waals surface area contributed by atoms with Crippen molar-refractivity contribution in [3.8, 4) is 0 Å². The van der Waals surface area contributed by atoms with Gasteiger partial charge in [0.25, 0.3) is 0 Å². The quantitative estimate of drug-likeness (QED) is 0.345. The SMILES string of the molecule is [CH2]CCCCCCCN(C=O)OCc1ccccc1. The number of carbonyl (C=O) groups is 1. The summed E-state index contributed by atoms with van der Waals surface area (Å²) < 4.78 is 0. The van der Waals surface area contributed by atoms with Crippen molar-refractivity contribution in [3.05, 3.63) is 42.8 Å². The summed E-state index contributed by atoms with van der Waals surface area (Å²) in [7, 11) is 0. The minimum Gasteiger partial charge on any atom is -0.276 e. The molecule has 0 unspecified atom stereocenters. The highest BCUT2D eigenvalue weighted by atomic mass is 16.7. The minimum atomic E-state index is 0.446. The molecule has 0 fully saturated rings. The maximum Gasteiger partial charge on any atom is 0.233 e. The second-order valence-corrected chi connectivity index (χ2v) is 4.63. The molecule has 1 amide bonds. The van der Waals surface area contributed by atoms with E-state index in [9.17, 15) is 4.79 Å². The summed E-state index contributed by atoms with van der Waals surface area (Å²) in [5, 5.41) is 1.40. The lowest BCUT2D eigenvalue weighted by atomic mass is 10.1. The van der Waals surface area contributed by atoms with Gasteiger partial charge in [-0.1, -0.05) is 69.4 Å². The van der Waals surface area contributed by atoms with E-state index < -0.39 is 0 Å². The Balaban J connectivity index is 2.10. The first-order valence-electron chi connectivity index (χ1n) is 7.05. The lowest BCUT2D eigenvalue weighted by molar-refractivity contribution is -0.177. The number of nitrogens with zero attached hydrogens (tertiary/aromatic N) is 1. The molecule has 1 aromatic carbocycles. The third kappa shape index (κ3) is 7.62. The first-order valence-corrected chi connectivity index (χ1v) is 7.05. The third-order valence-corrected chi connectivity index (χ3v) is 2.99. The predicted molar refractivity (Wildman–Crippen MR) is 77.1 cm³/mol. The molecule has 0 saturated carbocycles. The molecular formula is C16H24NO2. The van der Waals surface area contributed by atoms with Gasteiger partial charge in [0.1, 0.15) is 6.61 Å². The van der Waals surface area contributed by atoms with Gasteiger partial charge in [-0.15, -0.1) is 0 Å². The Hall–Kier alpha value is -1.35. The van der Waals surface area contributed by atoms with Gasteiger partial charge in [0.05, 0.1) is 0 Å². The number of hydrogen-bond donors (Lipinski definition) is 0. The van der Waals surface area contributed by atoms with Crippen LogP contribution in [0.15, 0.2) is 30.3 Å². The molecule has 105 valence electrons. The zero-order valence-corrected chi connectivity index (χ0v) is 11.6. The first kappa shape index (κ1) is 15.7. The number of carbonyl (C=O) groups excluding carboxylic acids is 1. The third-order valence-electron chi connectivity index (χ3n) is 2.99. The number of unbranched alkanes of at least 4 members (excludes halogenated alkanes) is 5. The molecule has 0 bridgehead atoms. The van der Waals surface area contributed by atoms with E-state index in [1.165, 1.54) is 24.3 Å². The summed E-state index contributed by atoms with van der Waals surface area (Å²) in [6, 6.07) is 9.87. The van der Waals surface area contributed by atoms with Crippen molar-refractivity contribution in [1.29, 1.82) is 0 Å². The standard InChI is InChI=1S/C16H24NO2/c1-2-3-4-5-6-10-13-17(15-18)19-14-16-11-8-7-9-12-16/h7-9,11-12,15H,1-6,10,13-14H2. The van der Waals surface area contributed by atoms with E-state index in [0.717, 1.165) is 31.2 Å². The average molecular weight is 262 g/mol. The molecule has 1 aromatic rings. The second kappa shape index (κ2) is 10.6. The molecule has 0 aliphatic heterocycles. The second-order valence-electron chi connectivity index (χ2n) is 4.63. The van der Waals surface area contributed by atoms with Crippen molar-refractivity contribution in [2.24, 2.45) is 0 Å². The molecule has 1 rings (SSSR count). The molecule has 0 spiro atoms. The van der Waals surface area contributed by atoms with Crippen LogP contribution in [-0.2, 0) is 16.2 Å². The molecule has 0 N–H and O–H groups in total. The fourth-order valence-corrected chi connectivity index (χ4v) is 1.85. The first-order chi connectivity index (χ1) is 9.36. The molecule has 0 heterocycles. The van der Waals surface area contributed by atoms with Gasteiger partial charge in [-0.05, 0) is 12.0 Å². The van der Waals surface area contributed by atoms with Gasteiger partial charge in [0.15, 0.2) is 0 Å². The Morgan fingerprint density at radius 3 is 2.42 bits per heavy atom. The van der Waals surface area contributed by atoms with Gasteiger partial charge in [0.2, 0.25) is 6.41 Å². The molecule has 0 aliphatic rings. The van der Waals surface area contributed by atoms with E-state index in [1.54, 1.807) is 0 Å². The smallest absolute Gasteiger partial charge is 0.233 e. The van der Waals surface area contributed by atoms with Crippen LogP contribution in [0, 0.1) is 6.92 Å². The summed E-state index contributed by atoms with van der Waals surface area (Å²) in [4.78, 5) is 16.3. The Morgan fingerprint density at radius 1 is 1.05 bits per heavy atom. The number of amides is 1. The fraction of sp³-hybridized carbons (Fsp3) is 0.500. The van der Waals surface area contributed by atoms with Gasteiger partial charge in [-0.25, -0.2) is 5.06 Å². The largest absolute Gasteiger partial charge is 0.276 e. The van der Waals surface area contributed by atoms with Crippen LogP contribution in [0.5, 0.6) is 0 Å². The van der Waals surface area contributed by atoms with Crippen LogP contribution in [0.2, 0.25) is 0 Å². The predicted octanol–water partition coefficient (Wildman–Crippen LogP) is 3.75. The van der Waals surface area contributed by atoms with Crippen LogP contribution in [0.3, 0.4) is 0 Å². The lowest BCUT2D eigenvalue weighted by Gasteiger charge is -2.16. The number of hydroxylamine groups is 2. The van der Waals surface area contributed by atoms with Crippen LogP contribution < -0.4 is 0 Å². The van der Waals surface area contributed by atoms with Crippen LogP contribution in [0.4, 0.5) is 0 Å². The van der Waals surface area contributed by atoms with E-state index in [4.69, 9.17) is 4.84 Å². The van der Waals surface area contributed by atoms with Crippen molar-refractivity contribution < 1.29 is 9.63 Å². The van der Waals surface area contributed by atoms with Gasteiger partial charge < -0.3 is 0 Å². The summed E-state index contributed by atoms with van der Waals surface area (Å²) in [6.45, 7) is 4.94. The Labute approximate surface area is 116 Å². The number of hydrogen-bond acceptors (Lipinski definition) is 2. The highest BCUT2D eigenvalue weighted by Crippen LogP contribution is 2.07. The van der Waals surface area contributed by atoms with Crippen LogP contribution in [-0.4, -0.2) is 18.0 Å². The van der Waals surface area contributed by atoms with Crippen LogP contribution in [0.25, 0.3) is 0 Å². The highest BCUT2D eigenvalue weighted by molar-refractivity contribution is 5.44. The Kier molecular flexibility index (Phi) is 8.73. The molecule has 0 saturated heterocycles. The topological polar surface area (TPSA) is 29.5 Å². The van der Waals surface area contributed by atoms with Crippen molar-refractivity contribution in [1.82, 2.24) is 5.06 Å². The highest BCUT2D eigenvalue weighted by Gasteiger charge is 2.02. The van der Waals surface area contributed by atoms with E-state index in [1.807, 2.05) is 30.3 Å². The van der Waals surface area contributed by atoms with Gasteiger partial charge in [-0.3, -0.25) is 9.63 Å².